The summed E-state index contributed by atoms with van der Waals surface area (Å²) in [6.07, 6.45) is 2.80. The van der Waals surface area contributed by atoms with Gasteiger partial charge in [0, 0.05) is 19.6 Å². The Morgan fingerprint density at radius 3 is 2.78 bits per heavy atom. The number of aryl methyl sites for hydroxylation is 1. The zero-order valence-corrected chi connectivity index (χ0v) is 13.8. The fraction of sp³-hybridized carbons (Fsp3) is 0.727. The monoisotopic (exact) mass is 366 g/mol. The number of rotatable bonds is 5. The molecule has 1 aromatic rings. The molecule has 1 unspecified atom stereocenters. The van der Waals surface area contributed by atoms with Crippen molar-refractivity contribution >= 4 is 29.9 Å². The standard InChI is InChI=1S/C11H22N6.HI/c1-5-9(3)15-11(12-4)13-7-10-16-14-8-17(10)6-2;/h8-9H,5-7H2,1-4H3,(H2,12,13,15);1H. The summed E-state index contributed by atoms with van der Waals surface area (Å²) < 4.78 is 2.00. The van der Waals surface area contributed by atoms with Gasteiger partial charge in [-0.25, -0.2) is 0 Å². The van der Waals surface area contributed by atoms with Gasteiger partial charge >= 0.3 is 0 Å². The molecule has 0 aromatic carbocycles. The fourth-order valence-electron chi connectivity index (χ4n) is 1.37. The molecule has 7 heteroatoms. The number of aromatic nitrogens is 3. The van der Waals surface area contributed by atoms with E-state index >= 15 is 0 Å². The van der Waals surface area contributed by atoms with E-state index in [4.69, 9.17) is 0 Å². The third kappa shape index (κ3) is 5.19. The Hall–Kier alpha value is -0.860. The first-order chi connectivity index (χ1) is 8.21. The first kappa shape index (κ1) is 17.1. The van der Waals surface area contributed by atoms with Crippen molar-refractivity contribution in [2.75, 3.05) is 7.05 Å². The van der Waals surface area contributed by atoms with E-state index in [-0.39, 0.29) is 24.0 Å². The maximum atomic E-state index is 4.17. The van der Waals surface area contributed by atoms with E-state index in [1.54, 1.807) is 13.4 Å². The maximum absolute atomic E-state index is 4.17. The summed E-state index contributed by atoms with van der Waals surface area (Å²) in [5.41, 5.74) is 0. The number of nitrogens with zero attached hydrogens (tertiary/aromatic N) is 4. The van der Waals surface area contributed by atoms with Crippen molar-refractivity contribution in [3.63, 3.8) is 0 Å². The van der Waals surface area contributed by atoms with Gasteiger partial charge < -0.3 is 15.2 Å². The van der Waals surface area contributed by atoms with Gasteiger partial charge in [-0.15, -0.1) is 34.2 Å². The molecule has 1 rings (SSSR count). The van der Waals surface area contributed by atoms with E-state index < -0.39 is 0 Å². The lowest BCUT2D eigenvalue weighted by atomic mass is 10.3. The van der Waals surface area contributed by atoms with Gasteiger partial charge in [-0.2, -0.15) is 0 Å². The van der Waals surface area contributed by atoms with Crippen LogP contribution >= 0.6 is 24.0 Å². The Labute approximate surface area is 126 Å². The highest BCUT2D eigenvalue weighted by atomic mass is 127. The van der Waals surface area contributed by atoms with Crippen molar-refractivity contribution in [1.29, 1.82) is 0 Å². The Kier molecular flexibility index (Phi) is 8.69. The lowest BCUT2D eigenvalue weighted by Crippen LogP contribution is -2.41. The topological polar surface area (TPSA) is 67.1 Å². The van der Waals surface area contributed by atoms with Gasteiger partial charge in [-0.3, -0.25) is 4.99 Å². The fourth-order valence-corrected chi connectivity index (χ4v) is 1.37. The van der Waals surface area contributed by atoms with Crippen LogP contribution in [0.25, 0.3) is 0 Å². The molecule has 18 heavy (non-hydrogen) atoms. The highest BCUT2D eigenvalue weighted by Gasteiger charge is 2.05. The van der Waals surface area contributed by atoms with Crippen molar-refractivity contribution < 1.29 is 0 Å². The lowest BCUT2D eigenvalue weighted by molar-refractivity contribution is 0.614. The van der Waals surface area contributed by atoms with E-state index in [0.29, 0.717) is 12.6 Å². The van der Waals surface area contributed by atoms with Crippen LogP contribution in [0.5, 0.6) is 0 Å². The highest BCUT2D eigenvalue weighted by Crippen LogP contribution is 1.94. The molecule has 0 aliphatic heterocycles. The summed E-state index contributed by atoms with van der Waals surface area (Å²) in [5.74, 6) is 1.71. The molecule has 1 atom stereocenters. The molecule has 104 valence electrons. The highest BCUT2D eigenvalue weighted by molar-refractivity contribution is 14.0. The molecule has 0 radical (unpaired) electrons. The number of guanidine groups is 1. The zero-order valence-electron chi connectivity index (χ0n) is 11.5. The van der Waals surface area contributed by atoms with Crippen LogP contribution in [0.1, 0.15) is 33.0 Å². The van der Waals surface area contributed by atoms with Gasteiger partial charge in [0.25, 0.3) is 0 Å². The largest absolute Gasteiger partial charge is 0.354 e. The summed E-state index contributed by atoms with van der Waals surface area (Å²) in [7, 11) is 1.77. The van der Waals surface area contributed by atoms with Crippen LogP contribution in [0.3, 0.4) is 0 Å². The van der Waals surface area contributed by atoms with Gasteiger partial charge in [0.1, 0.15) is 6.33 Å². The Morgan fingerprint density at radius 1 is 1.50 bits per heavy atom. The molecule has 0 aliphatic carbocycles. The Bertz CT molecular complexity index is 362. The minimum Gasteiger partial charge on any atom is -0.354 e. The van der Waals surface area contributed by atoms with Crippen molar-refractivity contribution in [2.45, 2.75) is 46.3 Å². The van der Waals surface area contributed by atoms with Crippen LogP contribution < -0.4 is 10.6 Å². The van der Waals surface area contributed by atoms with Gasteiger partial charge in [-0.05, 0) is 20.3 Å². The number of hydrogen-bond acceptors (Lipinski definition) is 3. The number of halogens is 1. The summed E-state index contributed by atoms with van der Waals surface area (Å²) in [4.78, 5) is 4.17. The molecular formula is C11H23IN6. The molecule has 0 spiro atoms. The third-order valence-electron chi connectivity index (χ3n) is 2.67. The predicted molar refractivity (Wildman–Crippen MR) is 84.2 cm³/mol. The second-order valence-corrected chi connectivity index (χ2v) is 3.91. The third-order valence-corrected chi connectivity index (χ3v) is 2.67. The smallest absolute Gasteiger partial charge is 0.191 e. The normalized spacial score (nSPS) is 12.8. The molecule has 0 fully saturated rings. The van der Waals surface area contributed by atoms with Crippen molar-refractivity contribution in [3.05, 3.63) is 12.2 Å². The van der Waals surface area contributed by atoms with Crippen molar-refractivity contribution in [2.24, 2.45) is 4.99 Å². The van der Waals surface area contributed by atoms with Gasteiger partial charge in [-0.1, -0.05) is 6.92 Å². The minimum absolute atomic E-state index is 0. The number of aliphatic imine (C=N–C) groups is 1. The summed E-state index contributed by atoms with van der Waals surface area (Å²) in [6.45, 7) is 7.84. The van der Waals surface area contributed by atoms with Crippen molar-refractivity contribution in [1.82, 2.24) is 25.4 Å². The molecule has 1 aromatic heterocycles. The summed E-state index contributed by atoms with van der Waals surface area (Å²) in [5, 5.41) is 14.5. The second-order valence-electron chi connectivity index (χ2n) is 3.91. The second kappa shape index (κ2) is 9.12. The first-order valence-electron chi connectivity index (χ1n) is 6.05. The maximum Gasteiger partial charge on any atom is 0.191 e. The zero-order chi connectivity index (χ0) is 12.7. The van der Waals surface area contributed by atoms with Crippen molar-refractivity contribution in [3.8, 4) is 0 Å². The van der Waals surface area contributed by atoms with Crippen LogP contribution in [0, 0.1) is 0 Å². The van der Waals surface area contributed by atoms with E-state index in [2.05, 4.69) is 46.6 Å². The Balaban J connectivity index is 0.00000289. The first-order valence-corrected chi connectivity index (χ1v) is 6.05. The van der Waals surface area contributed by atoms with Gasteiger partial charge in [0.05, 0.1) is 6.54 Å². The van der Waals surface area contributed by atoms with E-state index in [1.807, 2.05) is 4.57 Å². The average Bonchev–Trinajstić information content (AvgIpc) is 2.81. The minimum atomic E-state index is 0. The summed E-state index contributed by atoms with van der Waals surface area (Å²) >= 11 is 0. The van der Waals surface area contributed by atoms with E-state index in [0.717, 1.165) is 24.7 Å². The van der Waals surface area contributed by atoms with E-state index in [1.165, 1.54) is 0 Å². The van der Waals surface area contributed by atoms with E-state index in [9.17, 15) is 0 Å². The molecule has 0 amide bonds. The molecule has 6 nitrogen and oxygen atoms in total. The van der Waals surface area contributed by atoms with Crippen LogP contribution in [0.4, 0.5) is 0 Å². The van der Waals surface area contributed by atoms with Crippen LogP contribution in [-0.2, 0) is 13.1 Å². The molecule has 0 aliphatic rings. The van der Waals surface area contributed by atoms with Gasteiger partial charge in [0.2, 0.25) is 0 Å². The number of hydrogen-bond donors (Lipinski definition) is 2. The summed E-state index contributed by atoms with van der Waals surface area (Å²) in [6, 6.07) is 0.408. The Morgan fingerprint density at radius 2 is 2.22 bits per heavy atom. The molecule has 0 bridgehead atoms. The number of nitrogens with one attached hydrogen (secondary N) is 2. The quantitative estimate of drug-likeness (QED) is 0.470. The lowest BCUT2D eigenvalue weighted by Gasteiger charge is -2.16. The average molecular weight is 366 g/mol. The molecule has 1 heterocycles. The van der Waals surface area contributed by atoms with Gasteiger partial charge in [0.15, 0.2) is 11.8 Å². The SMILES string of the molecule is CCC(C)NC(=NC)NCc1nncn1CC.I. The van der Waals surface area contributed by atoms with Crippen LogP contribution in [0.2, 0.25) is 0 Å². The molecule has 0 saturated carbocycles. The molecule has 0 saturated heterocycles. The predicted octanol–water partition coefficient (Wildman–Crippen LogP) is 1.38. The molecular weight excluding hydrogens is 343 g/mol. The van der Waals surface area contributed by atoms with Crippen LogP contribution in [0.15, 0.2) is 11.3 Å². The van der Waals surface area contributed by atoms with Crippen LogP contribution in [-0.4, -0.2) is 33.8 Å². The molecule has 2 N–H and O–H groups in total.